The summed E-state index contributed by atoms with van der Waals surface area (Å²) >= 11 is 0. The number of nitrogens with two attached hydrogens (primary N) is 5. The van der Waals surface area contributed by atoms with E-state index in [1.54, 1.807) is 30.3 Å². The molecule has 27 nitrogen and oxygen atoms in total. The molecular weight excluding hydrogens is 885 g/mol. The van der Waals surface area contributed by atoms with Crippen molar-refractivity contribution in [3.05, 3.63) is 65.7 Å². The Morgan fingerprint density at radius 1 is 0.522 bits per heavy atom. The summed E-state index contributed by atoms with van der Waals surface area (Å²) in [5, 5.41) is 37.5. The van der Waals surface area contributed by atoms with Crippen molar-refractivity contribution in [2.24, 2.45) is 33.7 Å². The monoisotopic (exact) mass is 940 g/mol. The lowest BCUT2D eigenvalue weighted by Gasteiger charge is -2.25. The van der Waals surface area contributed by atoms with Gasteiger partial charge < -0.3 is 81.4 Å². The van der Waals surface area contributed by atoms with Crippen LogP contribution < -0.4 is 71.2 Å². The highest BCUT2D eigenvalue weighted by molar-refractivity contribution is 5.98. The third kappa shape index (κ3) is 22.2. The summed E-state index contributed by atoms with van der Waals surface area (Å²) in [6.45, 7) is -2.49. The number of phenols is 1. The van der Waals surface area contributed by atoms with Crippen molar-refractivity contribution in [3.63, 3.8) is 0 Å². The molecule has 0 fully saturated rings. The van der Waals surface area contributed by atoms with Gasteiger partial charge >= 0.3 is 5.97 Å². The summed E-state index contributed by atoms with van der Waals surface area (Å²) in [7, 11) is 0. The molecule has 27 heteroatoms. The molecule has 0 saturated heterocycles. The van der Waals surface area contributed by atoms with Gasteiger partial charge in [0.15, 0.2) is 5.96 Å². The Hall–Kier alpha value is -8.36. The fourth-order valence-electron chi connectivity index (χ4n) is 5.81. The van der Waals surface area contributed by atoms with Crippen LogP contribution in [-0.2, 0) is 65.6 Å². The van der Waals surface area contributed by atoms with Crippen LogP contribution in [0.25, 0.3) is 0 Å². The zero-order valence-electron chi connectivity index (χ0n) is 36.1. The number of aliphatic carboxylic acids is 1. The summed E-state index contributed by atoms with van der Waals surface area (Å²) in [6, 6.07) is 6.12. The molecule has 0 saturated carbocycles. The molecule has 0 radical (unpaired) electrons. The lowest BCUT2D eigenvalue weighted by atomic mass is 10.0. The molecule has 0 aliphatic carbocycles. The molecule has 0 heterocycles. The first-order valence-electron chi connectivity index (χ1n) is 20.3. The van der Waals surface area contributed by atoms with Crippen LogP contribution in [0.4, 0.5) is 0 Å². The Kier molecular flexibility index (Phi) is 23.2. The van der Waals surface area contributed by atoms with E-state index >= 15 is 0 Å². The molecule has 10 amide bonds. The zero-order chi connectivity index (χ0) is 50.1. The number of amides is 10. The second-order valence-corrected chi connectivity index (χ2v) is 14.6. The Labute approximate surface area is 382 Å². The number of nitrogens with one attached hydrogen (secondary N) is 8. The first-order chi connectivity index (χ1) is 31.7. The molecule has 2 aromatic rings. The van der Waals surface area contributed by atoms with Crippen molar-refractivity contribution in [3.8, 4) is 5.75 Å². The molecule has 0 aliphatic heterocycles. The third-order valence-electron chi connectivity index (χ3n) is 9.10. The van der Waals surface area contributed by atoms with E-state index < -0.39 is 134 Å². The summed E-state index contributed by atoms with van der Waals surface area (Å²) in [4.78, 5) is 143. The van der Waals surface area contributed by atoms with Gasteiger partial charge in [0.25, 0.3) is 0 Å². The fourth-order valence-corrected chi connectivity index (χ4v) is 5.81. The van der Waals surface area contributed by atoms with Crippen LogP contribution in [0.3, 0.4) is 0 Å². The molecule has 2 aromatic carbocycles. The van der Waals surface area contributed by atoms with Crippen LogP contribution in [0.1, 0.15) is 36.8 Å². The Morgan fingerprint density at radius 2 is 0.985 bits per heavy atom. The van der Waals surface area contributed by atoms with Crippen molar-refractivity contribution in [1.29, 1.82) is 0 Å². The SMILES string of the molecule is NCC(=O)NCC(=O)N[C@@H](Cc1ccccc1)C(=O)N[C@@H](CC(N)=O)C(=O)N[C@@H](CCCN=C(N)N)C(=O)NCC(=O)NCC(=O)N[C@@H](Cc1ccc(O)cc1)C(=O)N[C@@H](CC(N)=O)C(=O)O. The first kappa shape index (κ1) is 54.8. The largest absolute Gasteiger partial charge is 0.508 e. The Morgan fingerprint density at radius 3 is 1.49 bits per heavy atom. The third-order valence-corrected chi connectivity index (χ3v) is 9.10. The first-order valence-corrected chi connectivity index (χ1v) is 20.3. The summed E-state index contributed by atoms with van der Waals surface area (Å²) in [6.07, 6.45) is -1.94. The summed E-state index contributed by atoms with van der Waals surface area (Å²) in [5.41, 5.74) is 27.5. The maximum atomic E-state index is 13.7. The number of rotatable bonds is 29. The highest BCUT2D eigenvalue weighted by atomic mass is 16.4. The van der Waals surface area contributed by atoms with E-state index in [1.807, 2.05) is 0 Å². The number of hydrogen-bond acceptors (Lipinski definition) is 14. The number of aromatic hydroxyl groups is 1. The predicted molar refractivity (Wildman–Crippen MR) is 235 cm³/mol. The summed E-state index contributed by atoms with van der Waals surface area (Å²) in [5.74, 6) is -11.3. The number of benzene rings is 2. The van der Waals surface area contributed by atoms with Gasteiger partial charge in [0.1, 0.15) is 36.0 Å². The number of hydrogen-bond donors (Lipinski definition) is 15. The van der Waals surface area contributed by atoms with E-state index in [2.05, 4.69) is 47.5 Å². The molecule has 0 aliphatic rings. The van der Waals surface area contributed by atoms with E-state index in [9.17, 15) is 63.0 Å². The number of carboxylic acid groups (broad SMARTS) is 1. The average molecular weight is 941 g/mol. The van der Waals surface area contributed by atoms with Gasteiger partial charge in [-0.3, -0.25) is 52.9 Å². The Balaban J connectivity index is 2.19. The van der Waals surface area contributed by atoms with Gasteiger partial charge in [-0.05, 0) is 36.1 Å². The second-order valence-electron chi connectivity index (χ2n) is 14.6. The summed E-state index contributed by atoms with van der Waals surface area (Å²) < 4.78 is 0. The molecule has 0 spiro atoms. The molecule has 0 aromatic heterocycles. The number of carboxylic acids is 1. The maximum Gasteiger partial charge on any atom is 0.326 e. The van der Waals surface area contributed by atoms with Gasteiger partial charge in [0, 0.05) is 19.4 Å². The smallest absolute Gasteiger partial charge is 0.326 e. The highest BCUT2D eigenvalue weighted by Gasteiger charge is 2.32. The minimum absolute atomic E-state index is 0.0144. The number of carbonyl (C=O) groups excluding carboxylic acids is 10. The molecule has 67 heavy (non-hydrogen) atoms. The van der Waals surface area contributed by atoms with Gasteiger partial charge in [-0.15, -0.1) is 0 Å². The Bertz CT molecular complexity index is 2120. The van der Waals surface area contributed by atoms with Crippen molar-refractivity contribution in [2.45, 2.75) is 68.7 Å². The van der Waals surface area contributed by atoms with Crippen LogP contribution in [0.15, 0.2) is 59.6 Å². The van der Waals surface area contributed by atoms with E-state index in [4.69, 9.17) is 28.7 Å². The predicted octanol–water partition coefficient (Wildman–Crippen LogP) is -7.20. The lowest BCUT2D eigenvalue weighted by Crippen LogP contribution is -2.58. The topological polar surface area (TPSA) is 467 Å². The van der Waals surface area contributed by atoms with Crippen LogP contribution in [0, 0.1) is 0 Å². The van der Waals surface area contributed by atoms with E-state index in [0.717, 1.165) is 0 Å². The molecule has 2 rings (SSSR count). The van der Waals surface area contributed by atoms with Gasteiger partial charge in [-0.25, -0.2) is 4.79 Å². The molecule has 0 bridgehead atoms. The van der Waals surface area contributed by atoms with Crippen molar-refractivity contribution in [1.82, 2.24) is 42.5 Å². The van der Waals surface area contributed by atoms with Gasteiger partial charge in [-0.1, -0.05) is 42.5 Å². The average Bonchev–Trinajstić information content (AvgIpc) is 3.27. The molecule has 20 N–H and O–H groups in total. The number of nitrogens with zero attached hydrogens (tertiary/aromatic N) is 1. The van der Waals surface area contributed by atoms with Crippen molar-refractivity contribution in [2.75, 3.05) is 32.7 Å². The molecule has 5 atom stereocenters. The van der Waals surface area contributed by atoms with E-state index in [0.29, 0.717) is 11.1 Å². The van der Waals surface area contributed by atoms with Gasteiger partial charge in [0.05, 0.1) is 39.0 Å². The van der Waals surface area contributed by atoms with Crippen LogP contribution in [0.2, 0.25) is 0 Å². The van der Waals surface area contributed by atoms with E-state index in [1.165, 1.54) is 24.3 Å². The van der Waals surface area contributed by atoms with Crippen molar-refractivity contribution < 1.29 is 63.0 Å². The highest BCUT2D eigenvalue weighted by Crippen LogP contribution is 2.12. The fraction of sp³-hybridized carbons (Fsp3) is 0.400. The maximum absolute atomic E-state index is 13.7. The number of phenolic OH excluding ortho intramolecular Hbond substituents is 1. The van der Waals surface area contributed by atoms with E-state index in [-0.39, 0.29) is 43.9 Å². The van der Waals surface area contributed by atoms with Gasteiger partial charge in [-0.2, -0.15) is 0 Å². The minimum atomic E-state index is -1.73. The zero-order valence-corrected chi connectivity index (χ0v) is 36.1. The second kappa shape index (κ2) is 28.4. The number of carbonyl (C=O) groups is 11. The number of guanidine groups is 1. The van der Waals surface area contributed by atoms with Crippen LogP contribution in [0.5, 0.6) is 5.75 Å². The van der Waals surface area contributed by atoms with Crippen molar-refractivity contribution >= 4 is 71.0 Å². The van der Waals surface area contributed by atoms with Crippen LogP contribution >= 0.6 is 0 Å². The lowest BCUT2D eigenvalue weighted by molar-refractivity contribution is -0.143. The molecule has 364 valence electrons. The van der Waals surface area contributed by atoms with Crippen LogP contribution in [-0.4, -0.2) is 144 Å². The number of primary amides is 2. The molecular formula is C40H56N14O13. The standard InChI is InChI=1S/C40H56N14O13/c41-17-31(58)47-19-33(60)50-25(13-21-5-2-1-3-6-21)36(63)53-27(15-29(42)56)38(65)52-24(7-4-12-46-40(44)45)35(62)49-18-32(59)48-20-34(61)51-26(14-22-8-10-23(55)11-9-22)37(64)54-28(39(66)67)16-30(43)57/h1-3,5-6,8-11,24-28,55H,4,7,12-20,41H2,(H2,42,56)(H2,43,57)(H,47,58)(H,48,59)(H,49,62)(H,50,60)(H,51,61)(H,52,65)(H,53,63)(H,54,64)(H,66,67)(H4,44,45,46)/t24-,25-,26-,27-,28-/m0/s1. The number of aliphatic imine (C=N–C) groups is 1. The minimum Gasteiger partial charge on any atom is -0.508 e. The molecule has 0 unspecified atom stereocenters. The van der Waals surface area contributed by atoms with Gasteiger partial charge in [0.2, 0.25) is 59.1 Å². The normalized spacial score (nSPS) is 12.7. The quantitative estimate of drug-likeness (QED) is 0.0205.